The Balaban J connectivity index is 3.33. The SMILES string of the molecule is CCC(C)OC(=O)c1cc(C(F)(F)F)ccc1C(F)(F)F. The summed E-state index contributed by atoms with van der Waals surface area (Å²) in [5.41, 5.74) is -3.94. The topological polar surface area (TPSA) is 26.3 Å². The van der Waals surface area contributed by atoms with Gasteiger partial charge in [-0.05, 0) is 31.5 Å². The molecule has 0 fully saturated rings. The van der Waals surface area contributed by atoms with E-state index in [0.717, 1.165) is 0 Å². The van der Waals surface area contributed by atoms with Crippen LogP contribution in [0.15, 0.2) is 18.2 Å². The third kappa shape index (κ3) is 4.37. The van der Waals surface area contributed by atoms with Gasteiger partial charge in [0.1, 0.15) is 0 Å². The van der Waals surface area contributed by atoms with Gasteiger partial charge in [0.2, 0.25) is 0 Å². The number of halogens is 6. The lowest BCUT2D eigenvalue weighted by Crippen LogP contribution is -2.20. The van der Waals surface area contributed by atoms with Gasteiger partial charge in [-0.15, -0.1) is 0 Å². The average Bonchev–Trinajstić information content (AvgIpc) is 2.35. The molecule has 0 aliphatic heterocycles. The molecule has 0 saturated heterocycles. The van der Waals surface area contributed by atoms with Crippen LogP contribution in [-0.2, 0) is 17.1 Å². The van der Waals surface area contributed by atoms with Crippen molar-refractivity contribution >= 4 is 5.97 Å². The summed E-state index contributed by atoms with van der Waals surface area (Å²) in [6.07, 6.45) is -10.2. The molecule has 0 bridgehead atoms. The Morgan fingerprint density at radius 3 is 2.14 bits per heavy atom. The van der Waals surface area contributed by atoms with Gasteiger partial charge in [0.15, 0.2) is 0 Å². The molecule has 1 atom stereocenters. The van der Waals surface area contributed by atoms with Gasteiger partial charge in [-0.1, -0.05) is 6.92 Å². The number of hydrogen-bond acceptors (Lipinski definition) is 2. The molecule has 1 aromatic carbocycles. The monoisotopic (exact) mass is 314 g/mol. The Labute approximate surface area is 116 Å². The highest BCUT2D eigenvalue weighted by Crippen LogP contribution is 2.36. The van der Waals surface area contributed by atoms with Gasteiger partial charge in [-0.2, -0.15) is 26.3 Å². The van der Waals surface area contributed by atoms with Crippen LogP contribution >= 0.6 is 0 Å². The lowest BCUT2D eigenvalue weighted by Gasteiger charge is -2.17. The molecule has 118 valence electrons. The highest BCUT2D eigenvalue weighted by Gasteiger charge is 2.39. The molecular weight excluding hydrogens is 302 g/mol. The van der Waals surface area contributed by atoms with E-state index in [-0.39, 0.29) is 18.2 Å². The quantitative estimate of drug-likeness (QED) is 0.598. The van der Waals surface area contributed by atoms with Crippen LogP contribution in [0, 0.1) is 0 Å². The summed E-state index contributed by atoms with van der Waals surface area (Å²) in [5, 5.41) is 0. The van der Waals surface area contributed by atoms with Crippen molar-refractivity contribution in [3.63, 3.8) is 0 Å². The number of carbonyl (C=O) groups excluding carboxylic acids is 1. The van der Waals surface area contributed by atoms with Crippen LogP contribution in [0.1, 0.15) is 41.8 Å². The van der Waals surface area contributed by atoms with Gasteiger partial charge in [0, 0.05) is 0 Å². The summed E-state index contributed by atoms with van der Waals surface area (Å²) in [6, 6.07) is 0.673. The fraction of sp³-hybridized carbons (Fsp3) is 0.462. The second kappa shape index (κ2) is 5.95. The van der Waals surface area contributed by atoms with E-state index in [9.17, 15) is 31.1 Å². The van der Waals surface area contributed by atoms with Crippen LogP contribution in [0.2, 0.25) is 0 Å². The molecule has 21 heavy (non-hydrogen) atoms. The van der Waals surface area contributed by atoms with Gasteiger partial charge in [0.05, 0.1) is 22.8 Å². The first-order chi connectivity index (χ1) is 9.46. The highest BCUT2D eigenvalue weighted by atomic mass is 19.4. The molecule has 0 spiro atoms. The van der Waals surface area contributed by atoms with E-state index < -0.39 is 41.1 Å². The minimum Gasteiger partial charge on any atom is -0.459 e. The van der Waals surface area contributed by atoms with E-state index >= 15 is 0 Å². The maximum Gasteiger partial charge on any atom is 0.417 e. The van der Waals surface area contributed by atoms with Crippen LogP contribution in [-0.4, -0.2) is 12.1 Å². The maximum atomic E-state index is 12.8. The van der Waals surface area contributed by atoms with E-state index in [1.807, 2.05) is 0 Å². The fourth-order valence-corrected chi connectivity index (χ4v) is 1.47. The van der Waals surface area contributed by atoms with E-state index in [1.165, 1.54) is 6.92 Å². The van der Waals surface area contributed by atoms with Crippen LogP contribution in [0.3, 0.4) is 0 Å². The number of hydrogen-bond donors (Lipinski definition) is 0. The van der Waals surface area contributed by atoms with Crippen LogP contribution in [0.25, 0.3) is 0 Å². The zero-order valence-electron chi connectivity index (χ0n) is 11.1. The molecule has 0 heterocycles. The number of alkyl halides is 6. The fourth-order valence-electron chi connectivity index (χ4n) is 1.47. The molecule has 8 heteroatoms. The van der Waals surface area contributed by atoms with Gasteiger partial charge >= 0.3 is 18.3 Å². The smallest absolute Gasteiger partial charge is 0.417 e. The van der Waals surface area contributed by atoms with E-state index in [4.69, 9.17) is 0 Å². The van der Waals surface area contributed by atoms with E-state index in [2.05, 4.69) is 4.74 Å². The van der Waals surface area contributed by atoms with Crippen molar-refractivity contribution in [3.05, 3.63) is 34.9 Å². The van der Waals surface area contributed by atoms with Crippen LogP contribution < -0.4 is 0 Å². The zero-order valence-corrected chi connectivity index (χ0v) is 11.1. The summed E-state index contributed by atoms with van der Waals surface area (Å²) in [5.74, 6) is -1.43. The Morgan fingerprint density at radius 1 is 1.14 bits per heavy atom. The Bertz CT molecular complexity index is 518. The maximum absolute atomic E-state index is 12.8. The first-order valence-corrected chi connectivity index (χ1v) is 5.96. The number of benzene rings is 1. The summed E-state index contributed by atoms with van der Waals surface area (Å²) in [6.45, 7) is 3.05. The van der Waals surface area contributed by atoms with Crippen molar-refractivity contribution in [2.75, 3.05) is 0 Å². The van der Waals surface area contributed by atoms with Crippen LogP contribution in [0.5, 0.6) is 0 Å². The molecule has 0 radical (unpaired) electrons. The highest BCUT2D eigenvalue weighted by molar-refractivity contribution is 5.91. The number of esters is 1. The largest absolute Gasteiger partial charge is 0.459 e. The summed E-state index contributed by atoms with van der Waals surface area (Å²) < 4.78 is 80.6. The second-order valence-corrected chi connectivity index (χ2v) is 4.38. The molecule has 1 rings (SSSR count). The normalized spacial score (nSPS) is 13.9. The third-order valence-corrected chi connectivity index (χ3v) is 2.76. The van der Waals surface area contributed by atoms with Crippen molar-refractivity contribution in [1.29, 1.82) is 0 Å². The minimum absolute atomic E-state index is 0.160. The molecule has 0 aliphatic rings. The Hall–Kier alpha value is -1.73. The average molecular weight is 314 g/mol. The van der Waals surface area contributed by atoms with Crippen molar-refractivity contribution in [3.8, 4) is 0 Å². The lowest BCUT2D eigenvalue weighted by molar-refractivity contribution is -0.141. The third-order valence-electron chi connectivity index (χ3n) is 2.76. The Kier molecular flexibility index (Phi) is 4.91. The molecule has 0 aromatic heterocycles. The second-order valence-electron chi connectivity index (χ2n) is 4.38. The number of rotatable bonds is 3. The summed E-state index contributed by atoms with van der Waals surface area (Å²) in [4.78, 5) is 11.7. The van der Waals surface area contributed by atoms with Crippen molar-refractivity contribution in [1.82, 2.24) is 0 Å². The van der Waals surface area contributed by atoms with Gasteiger partial charge in [-0.3, -0.25) is 0 Å². The van der Waals surface area contributed by atoms with Crippen LogP contribution in [0.4, 0.5) is 26.3 Å². The van der Waals surface area contributed by atoms with Gasteiger partial charge in [-0.25, -0.2) is 4.79 Å². The van der Waals surface area contributed by atoms with Gasteiger partial charge < -0.3 is 4.74 Å². The van der Waals surface area contributed by atoms with Crippen molar-refractivity contribution in [2.24, 2.45) is 0 Å². The standard InChI is InChI=1S/C13H12F6O2/c1-3-7(2)21-11(20)9-6-8(12(14,15)16)4-5-10(9)13(17,18)19/h4-7H,3H2,1-2H3. The lowest BCUT2D eigenvalue weighted by atomic mass is 10.0. The van der Waals surface area contributed by atoms with E-state index in [0.29, 0.717) is 6.42 Å². The van der Waals surface area contributed by atoms with E-state index in [1.54, 1.807) is 6.92 Å². The zero-order chi connectivity index (χ0) is 16.4. The number of carbonyl (C=O) groups is 1. The molecule has 0 saturated carbocycles. The number of ether oxygens (including phenoxy) is 1. The predicted octanol–water partition coefficient (Wildman–Crippen LogP) is 4.68. The molecular formula is C13H12F6O2. The molecule has 2 nitrogen and oxygen atoms in total. The molecule has 0 aliphatic carbocycles. The first-order valence-electron chi connectivity index (χ1n) is 5.96. The molecule has 0 amide bonds. The Morgan fingerprint density at radius 2 is 1.71 bits per heavy atom. The van der Waals surface area contributed by atoms with Crippen molar-refractivity contribution in [2.45, 2.75) is 38.7 Å². The molecule has 0 N–H and O–H groups in total. The van der Waals surface area contributed by atoms with Gasteiger partial charge in [0.25, 0.3) is 0 Å². The first kappa shape index (κ1) is 17.3. The summed E-state index contributed by atoms with van der Waals surface area (Å²) >= 11 is 0. The van der Waals surface area contributed by atoms with Crippen molar-refractivity contribution < 1.29 is 35.9 Å². The molecule has 1 unspecified atom stereocenters. The molecule has 1 aromatic rings. The summed E-state index contributed by atoms with van der Waals surface area (Å²) in [7, 11) is 0. The predicted molar refractivity (Wildman–Crippen MR) is 61.6 cm³/mol. The minimum atomic E-state index is -4.95.